The molecular formula is C28H23F4N. The van der Waals surface area contributed by atoms with Crippen molar-refractivity contribution in [1.82, 2.24) is 0 Å². The summed E-state index contributed by atoms with van der Waals surface area (Å²) < 4.78 is 58.5. The summed E-state index contributed by atoms with van der Waals surface area (Å²) >= 11 is 0. The van der Waals surface area contributed by atoms with E-state index in [1.54, 1.807) is 12.1 Å². The van der Waals surface area contributed by atoms with Crippen LogP contribution in [0.3, 0.4) is 0 Å². The zero-order valence-corrected chi connectivity index (χ0v) is 18.3. The van der Waals surface area contributed by atoms with Crippen molar-refractivity contribution in [3.8, 4) is 17.2 Å². The van der Waals surface area contributed by atoms with Crippen molar-refractivity contribution >= 4 is 21.5 Å². The minimum atomic E-state index is -1.16. The van der Waals surface area contributed by atoms with Crippen molar-refractivity contribution in [3.63, 3.8) is 0 Å². The maximum Gasteiger partial charge on any atom is 0.144 e. The SMILES string of the molecule is CCCCCCCc1ccc2c(ccc3c(F)c(-c4cc(F)c(C#N)c(F)c4)c(F)cc32)c1. The fourth-order valence-electron chi connectivity index (χ4n) is 4.37. The lowest BCUT2D eigenvalue weighted by atomic mass is 9.94. The normalized spacial score (nSPS) is 11.3. The second-order valence-electron chi connectivity index (χ2n) is 8.35. The second kappa shape index (κ2) is 9.62. The molecule has 0 saturated heterocycles. The predicted octanol–water partition coefficient (Wildman–Crippen LogP) is 8.60. The van der Waals surface area contributed by atoms with Gasteiger partial charge in [0.1, 0.15) is 34.9 Å². The minimum absolute atomic E-state index is 0.163. The van der Waals surface area contributed by atoms with E-state index in [1.165, 1.54) is 43.4 Å². The van der Waals surface area contributed by atoms with E-state index in [2.05, 4.69) is 6.92 Å². The molecule has 0 atom stereocenters. The lowest BCUT2D eigenvalue weighted by Crippen LogP contribution is -1.97. The molecular weight excluding hydrogens is 426 g/mol. The largest absolute Gasteiger partial charge is 0.206 e. The molecule has 0 aliphatic rings. The molecule has 4 aromatic rings. The number of hydrogen-bond donors (Lipinski definition) is 0. The Hall–Kier alpha value is -3.39. The highest BCUT2D eigenvalue weighted by molar-refractivity contribution is 6.09. The molecule has 1 nitrogen and oxygen atoms in total. The fourth-order valence-corrected chi connectivity index (χ4v) is 4.37. The molecule has 0 heterocycles. The van der Waals surface area contributed by atoms with E-state index >= 15 is 8.78 Å². The Morgan fingerprint density at radius 1 is 0.727 bits per heavy atom. The predicted molar refractivity (Wildman–Crippen MR) is 124 cm³/mol. The van der Waals surface area contributed by atoms with E-state index in [4.69, 9.17) is 5.26 Å². The first-order chi connectivity index (χ1) is 15.9. The van der Waals surface area contributed by atoms with Gasteiger partial charge in [-0.05, 0) is 58.3 Å². The Balaban J connectivity index is 1.75. The van der Waals surface area contributed by atoms with Crippen LogP contribution in [0.5, 0.6) is 0 Å². The van der Waals surface area contributed by atoms with Crippen molar-refractivity contribution in [3.05, 3.63) is 82.9 Å². The van der Waals surface area contributed by atoms with Crippen LogP contribution >= 0.6 is 0 Å². The molecule has 33 heavy (non-hydrogen) atoms. The molecule has 0 aliphatic heterocycles. The van der Waals surface area contributed by atoms with Crippen LogP contribution < -0.4 is 0 Å². The number of unbranched alkanes of at least 4 members (excludes halogenated alkanes) is 4. The van der Waals surface area contributed by atoms with E-state index in [1.807, 2.05) is 18.2 Å². The average Bonchev–Trinajstić information content (AvgIpc) is 2.78. The lowest BCUT2D eigenvalue weighted by molar-refractivity contribution is 0.575. The topological polar surface area (TPSA) is 23.8 Å². The van der Waals surface area contributed by atoms with Gasteiger partial charge in [0.2, 0.25) is 0 Å². The summed E-state index contributed by atoms with van der Waals surface area (Å²) in [6.45, 7) is 2.18. The quantitative estimate of drug-likeness (QED) is 0.157. The molecule has 168 valence electrons. The molecule has 0 spiro atoms. The van der Waals surface area contributed by atoms with Gasteiger partial charge in [-0.25, -0.2) is 17.6 Å². The van der Waals surface area contributed by atoms with Crippen molar-refractivity contribution in [2.45, 2.75) is 45.4 Å². The monoisotopic (exact) mass is 449 g/mol. The molecule has 0 unspecified atom stereocenters. The Bertz CT molecular complexity index is 1360. The van der Waals surface area contributed by atoms with Gasteiger partial charge >= 0.3 is 0 Å². The zero-order valence-electron chi connectivity index (χ0n) is 18.3. The van der Waals surface area contributed by atoms with E-state index in [0.717, 1.165) is 30.4 Å². The van der Waals surface area contributed by atoms with Crippen LogP contribution in [-0.2, 0) is 6.42 Å². The average molecular weight is 449 g/mol. The molecule has 4 rings (SSSR count). The Labute approximate surface area is 190 Å². The third kappa shape index (κ3) is 4.43. The van der Waals surface area contributed by atoms with Crippen LogP contribution in [-0.4, -0.2) is 0 Å². The van der Waals surface area contributed by atoms with Crippen LogP contribution in [0.1, 0.15) is 50.2 Å². The highest BCUT2D eigenvalue weighted by atomic mass is 19.1. The molecule has 0 N–H and O–H groups in total. The first kappa shape index (κ1) is 22.8. The summed E-state index contributed by atoms with van der Waals surface area (Å²) in [5.41, 5.74) is -0.417. The molecule has 0 amide bonds. The highest BCUT2D eigenvalue weighted by Crippen LogP contribution is 2.36. The van der Waals surface area contributed by atoms with Crippen LogP contribution in [0.4, 0.5) is 17.6 Å². The molecule has 0 aliphatic carbocycles. The van der Waals surface area contributed by atoms with Crippen molar-refractivity contribution in [2.24, 2.45) is 0 Å². The first-order valence-electron chi connectivity index (χ1n) is 11.2. The maximum atomic E-state index is 15.4. The Kier molecular flexibility index (Phi) is 6.65. The number of rotatable bonds is 7. The summed E-state index contributed by atoms with van der Waals surface area (Å²) in [6, 6.07) is 13.4. The number of nitrogens with zero attached hydrogens (tertiary/aromatic N) is 1. The molecule has 0 radical (unpaired) electrons. The van der Waals surface area contributed by atoms with Gasteiger partial charge in [0.25, 0.3) is 0 Å². The van der Waals surface area contributed by atoms with E-state index in [9.17, 15) is 8.78 Å². The van der Waals surface area contributed by atoms with Crippen LogP contribution in [0.15, 0.2) is 48.5 Å². The molecule has 0 saturated carbocycles. The number of aryl methyl sites for hydroxylation is 1. The number of hydrogen-bond acceptors (Lipinski definition) is 1. The number of benzene rings is 4. The minimum Gasteiger partial charge on any atom is -0.206 e. The zero-order chi connectivity index (χ0) is 23.5. The maximum absolute atomic E-state index is 15.4. The summed E-state index contributed by atoms with van der Waals surface area (Å²) in [7, 11) is 0. The summed E-state index contributed by atoms with van der Waals surface area (Å²) in [5, 5.41) is 11.0. The summed E-state index contributed by atoms with van der Waals surface area (Å²) in [5.74, 6) is -4.13. The van der Waals surface area contributed by atoms with Gasteiger partial charge in [-0.3, -0.25) is 0 Å². The van der Waals surface area contributed by atoms with Gasteiger partial charge in [0, 0.05) is 5.39 Å². The number of halogens is 4. The summed E-state index contributed by atoms with van der Waals surface area (Å²) in [4.78, 5) is 0. The Morgan fingerprint density at radius 2 is 1.42 bits per heavy atom. The number of fused-ring (bicyclic) bond motifs is 3. The smallest absolute Gasteiger partial charge is 0.144 e. The van der Waals surface area contributed by atoms with Crippen molar-refractivity contribution < 1.29 is 17.6 Å². The third-order valence-corrected chi connectivity index (χ3v) is 6.10. The van der Waals surface area contributed by atoms with Crippen molar-refractivity contribution in [2.75, 3.05) is 0 Å². The van der Waals surface area contributed by atoms with Crippen LogP contribution in [0, 0.1) is 34.6 Å². The Morgan fingerprint density at radius 3 is 2.12 bits per heavy atom. The van der Waals surface area contributed by atoms with Crippen LogP contribution in [0.2, 0.25) is 0 Å². The molecule has 0 fully saturated rings. The number of nitriles is 1. The van der Waals surface area contributed by atoms with E-state index in [0.29, 0.717) is 10.8 Å². The van der Waals surface area contributed by atoms with Crippen LogP contribution in [0.25, 0.3) is 32.7 Å². The second-order valence-corrected chi connectivity index (χ2v) is 8.35. The molecule has 5 heteroatoms. The van der Waals surface area contributed by atoms with Gasteiger partial charge in [0.05, 0.1) is 5.56 Å². The van der Waals surface area contributed by atoms with Gasteiger partial charge in [-0.15, -0.1) is 0 Å². The molecule has 4 aromatic carbocycles. The van der Waals surface area contributed by atoms with E-state index < -0.39 is 34.4 Å². The summed E-state index contributed by atoms with van der Waals surface area (Å²) in [6.07, 6.45) is 6.90. The van der Waals surface area contributed by atoms with E-state index in [-0.39, 0.29) is 10.9 Å². The van der Waals surface area contributed by atoms with Gasteiger partial charge < -0.3 is 0 Å². The van der Waals surface area contributed by atoms with Crippen molar-refractivity contribution in [1.29, 1.82) is 5.26 Å². The first-order valence-corrected chi connectivity index (χ1v) is 11.2. The third-order valence-electron chi connectivity index (χ3n) is 6.10. The fraction of sp³-hybridized carbons (Fsp3) is 0.250. The van der Waals surface area contributed by atoms with Gasteiger partial charge in [0.15, 0.2) is 0 Å². The molecule has 0 bridgehead atoms. The highest BCUT2D eigenvalue weighted by Gasteiger charge is 2.20. The molecule has 0 aromatic heterocycles. The lowest BCUT2D eigenvalue weighted by Gasteiger charge is -2.12. The standard InChI is InChI=1S/C28H23F4N/c1-2-3-4-5-6-7-17-8-10-20-18(12-17)9-11-21-22(20)15-26(31)27(28(21)32)19-13-24(29)23(16-33)25(30)14-19/h8-15H,2-7H2,1H3. The van der Waals surface area contributed by atoms with Gasteiger partial charge in [-0.1, -0.05) is 62.9 Å². The van der Waals surface area contributed by atoms with Gasteiger partial charge in [-0.2, -0.15) is 5.26 Å².